The van der Waals surface area contributed by atoms with E-state index in [4.69, 9.17) is 0 Å². The molecule has 1 aromatic heterocycles. The van der Waals surface area contributed by atoms with Crippen molar-refractivity contribution in [3.05, 3.63) is 53.6 Å². The largest absolute Gasteiger partial charge is 0.380 e. The van der Waals surface area contributed by atoms with Gasteiger partial charge in [-0.15, -0.1) is 0 Å². The molecule has 84 valence electrons. The Labute approximate surface area is 95.4 Å². The first-order valence-electron chi connectivity index (χ1n) is 5.46. The van der Waals surface area contributed by atoms with Crippen molar-refractivity contribution in [3.8, 4) is 0 Å². The molecule has 0 aliphatic rings. The quantitative estimate of drug-likeness (QED) is 0.852. The van der Waals surface area contributed by atoms with Gasteiger partial charge in [0.05, 0.1) is 0 Å². The number of aromatic nitrogens is 2. The molecule has 1 heterocycles. The number of imidazole rings is 1. The second kappa shape index (κ2) is 4.49. The van der Waals surface area contributed by atoms with E-state index in [-0.39, 0.29) is 0 Å². The van der Waals surface area contributed by atoms with Crippen molar-refractivity contribution < 1.29 is 5.11 Å². The third kappa shape index (κ3) is 1.99. The molecule has 0 bridgehead atoms. The Bertz CT molecular complexity index is 459. The molecule has 0 amide bonds. The summed E-state index contributed by atoms with van der Waals surface area (Å²) < 4.78 is 1.83. The smallest absolute Gasteiger partial charge is 0.142 e. The van der Waals surface area contributed by atoms with Crippen LogP contribution in [0.3, 0.4) is 0 Å². The van der Waals surface area contributed by atoms with Crippen molar-refractivity contribution in [1.82, 2.24) is 9.55 Å². The van der Waals surface area contributed by atoms with Crippen molar-refractivity contribution in [3.63, 3.8) is 0 Å². The SMILES string of the molecule is CCc1ccc([C@H](O)c2nccn2C)cc1. The van der Waals surface area contributed by atoms with Gasteiger partial charge in [0.15, 0.2) is 0 Å². The molecule has 0 aliphatic heterocycles. The van der Waals surface area contributed by atoms with E-state index in [1.54, 1.807) is 6.20 Å². The van der Waals surface area contributed by atoms with Gasteiger partial charge in [-0.25, -0.2) is 4.98 Å². The summed E-state index contributed by atoms with van der Waals surface area (Å²) in [5.41, 5.74) is 2.15. The zero-order chi connectivity index (χ0) is 11.5. The Hall–Kier alpha value is -1.61. The van der Waals surface area contributed by atoms with E-state index in [0.29, 0.717) is 5.82 Å². The molecule has 0 saturated heterocycles. The number of hydrogen-bond acceptors (Lipinski definition) is 2. The van der Waals surface area contributed by atoms with E-state index < -0.39 is 6.10 Å². The highest BCUT2D eigenvalue weighted by Gasteiger charge is 2.14. The highest BCUT2D eigenvalue weighted by atomic mass is 16.3. The van der Waals surface area contributed by atoms with Gasteiger partial charge in [0.2, 0.25) is 0 Å². The van der Waals surface area contributed by atoms with Crippen molar-refractivity contribution in [2.24, 2.45) is 7.05 Å². The van der Waals surface area contributed by atoms with Crippen LogP contribution in [0.1, 0.15) is 30.0 Å². The number of benzene rings is 1. The average Bonchev–Trinajstić information content (AvgIpc) is 2.75. The van der Waals surface area contributed by atoms with Crippen molar-refractivity contribution in [1.29, 1.82) is 0 Å². The van der Waals surface area contributed by atoms with Crippen LogP contribution in [0.2, 0.25) is 0 Å². The number of aliphatic hydroxyl groups excluding tert-OH is 1. The van der Waals surface area contributed by atoms with Crippen molar-refractivity contribution in [2.45, 2.75) is 19.4 Å². The lowest BCUT2D eigenvalue weighted by molar-refractivity contribution is 0.206. The van der Waals surface area contributed by atoms with Gasteiger partial charge < -0.3 is 9.67 Å². The Morgan fingerprint density at radius 1 is 1.31 bits per heavy atom. The Balaban J connectivity index is 2.27. The van der Waals surface area contributed by atoms with E-state index in [9.17, 15) is 5.11 Å². The van der Waals surface area contributed by atoms with Gasteiger partial charge in [-0.05, 0) is 17.5 Å². The fourth-order valence-corrected chi connectivity index (χ4v) is 1.73. The van der Waals surface area contributed by atoms with Crippen LogP contribution < -0.4 is 0 Å². The molecular weight excluding hydrogens is 200 g/mol. The average molecular weight is 216 g/mol. The Morgan fingerprint density at radius 3 is 2.50 bits per heavy atom. The summed E-state index contributed by atoms with van der Waals surface area (Å²) in [4.78, 5) is 4.15. The second-order valence-electron chi connectivity index (χ2n) is 3.89. The summed E-state index contributed by atoms with van der Waals surface area (Å²) in [5.74, 6) is 0.671. The zero-order valence-electron chi connectivity index (χ0n) is 9.59. The third-order valence-corrected chi connectivity index (χ3v) is 2.81. The topological polar surface area (TPSA) is 38.1 Å². The summed E-state index contributed by atoms with van der Waals surface area (Å²) in [6, 6.07) is 8.00. The summed E-state index contributed by atoms with van der Waals surface area (Å²) in [5, 5.41) is 10.1. The molecule has 0 radical (unpaired) electrons. The highest BCUT2D eigenvalue weighted by Crippen LogP contribution is 2.20. The minimum Gasteiger partial charge on any atom is -0.380 e. The molecule has 3 nitrogen and oxygen atoms in total. The van der Waals surface area contributed by atoms with E-state index >= 15 is 0 Å². The van der Waals surface area contributed by atoms with Gasteiger partial charge in [-0.3, -0.25) is 0 Å². The standard InChI is InChI=1S/C13H16N2O/c1-3-10-4-6-11(7-5-10)12(16)13-14-8-9-15(13)2/h4-9,12,16H,3H2,1-2H3/t12-/m0/s1. The molecular formula is C13H16N2O. The monoisotopic (exact) mass is 216 g/mol. The van der Waals surface area contributed by atoms with Crippen LogP contribution in [0.25, 0.3) is 0 Å². The maximum Gasteiger partial charge on any atom is 0.142 e. The highest BCUT2D eigenvalue weighted by molar-refractivity contribution is 5.27. The maximum atomic E-state index is 10.1. The first kappa shape index (κ1) is 10.9. The van der Waals surface area contributed by atoms with E-state index in [1.807, 2.05) is 42.1 Å². The number of nitrogens with zero attached hydrogens (tertiary/aromatic N) is 2. The molecule has 3 heteroatoms. The van der Waals surface area contributed by atoms with Gasteiger partial charge in [-0.2, -0.15) is 0 Å². The lowest BCUT2D eigenvalue weighted by Crippen LogP contribution is -2.06. The van der Waals surface area contributed by atoms with Crippen molar-refractivity contribution >= 4 is 0 Å². The van der Waals surface area contributed by atoms with Crippen LogP contribution in [0, 0.1) is 0 Å². The number of aliphatic hydroxyl groups is 1. The molecule has 16 heavy (non-hydrogen) atoms. The molecule has 0 saturated carbocycles. The van der Waals surface area contributed by atoms with E-state index in [1.165, 1.54) is 5.56 Å². The van der Waals surface area contributed by atoms with Crippen LogP contribution >= 0.6 is 0 Å². The molecule has 0 fully saturated rings. The van der Waals surface area contributed by atoms with Gasteiger partial charge >= 0.3 is 0 Å². The molecule has 0 unspecified atom stereocenters. The third-order valence-electron chi connectivity index (χ3n) is 2.81. The fourth-order valence-electron chi connectivity index (χ4n) is 1.73. The summed E-state index contributed by atoms with van der Waals surface area (Å²) >= 11 is 0. The Kier molecular flexibility index (Phi) is 3.06. The zero-order valence-corrected chi connectivity index (χ0v) is 9.59. The van der Waals surface area contributed by atoms with Crippen LogP contribution in [-0.2, 0) is 13.5 Å². The lowest BCUT2D eigenvalue weighted by atomic mass is 10.1. The molecule has 1 aromatic carbocycles. The van der Waals surface area contributed by atoms with Crippen LogP contribution in [0.4, 0.5) is 0 Å². The van der Waals surface area contributed by atoms with Crippen LogP contribution in [0.15, 0.2) is 36.7 Å². The fraction of sp³-hybridized carbons (Fsp3) is 0.308. The van der Waals surface area contributed by atoms with Gasteiger partial charge in [0, 0.05) is 19.4 Å². The second-order valence-corrected chi connectivity index (χ2v) is 3.89. The first-order chi connectivity index (χ1) is 7.72. The van der Waals surface area contributed by atoms with E-state index in [2.05, 4.69) is 11.9 Å². The molecule has 0 spiro atoms. The number of rotatable bonds is 3. The summed E-state index contributed by atoms with van der Waals surface area (Å²) in [6.07, 6.45) is 3.89. The summed E-state index contributed by atoms with van der Waals surface area (Å²) in [7, 11) is 1.88. The molecule has 1 N–H and O–H groups in total. The van der Waals surface area contributed by atoms with Gasteiger partial charge in [0.1, 0.15) is 11.9 Å². The normalized spacial score (nSPS) is 12.7. The van der Waals surface area contributed by atoms with Crippen LogP contribution in [-0.4, -0.2) is 14.7 Å². The molecule has 1 atom stereocenters. The van der Waals surface area contributed by atoms with E-state index in [0.717, 1.165) is 12.0 Å². The van der Waals surface area contributed by atoms with Gasteiger partial charge in [0.25, 0.3) is 0 Å². The number of aryl methyl sites for hydroxylation is 2. The summed E-state index contributed by atoms with van der Waals surface area (Å²) in [6.45, 7) is 2.12. The minimum atomic E-state index is -0.647. The maximum absolute atomic E-state index is 10.1. The molecule has 2 aromatic rings. The predicted molar refractivity (Wildman–Crippen MR) is 63.1 cm³/mol. The minimum absolute atomic E-state index is 0.647. The predicted octanol–water partition coefficient (Wildman–Crippen LogP) is 2.06. The van der Waals surface area contributed by atoms with Gasteiger partial charge in [-0.1, -0.05) is 31.2 Å². The molecule has 0 aliphatic carbocycles. The van der Waals surface area contributed by atoms with Crippen LogP contribution in [0.5, 0.6) is 0 Å². The van der Waals surface area contributed by atoms with Crippen molar-refractivity contribution in [2.75, 3.05) is 0 Å². The number of hydrogen-bond donors (Lipinski definition) is 1. The first-order valence-corrected chi connectivity index (χ1v) is 5.46. The Morgan fingerprint density at radius 2 is 2.00 bits per heavy atom. The lowest BCUT2D eigenvalue weighted by Gasteiger charge is -2.11. The molecule has 2 rings (SSSR count).